The van der Waals surface area contributed by atoms with Gasteiger partial charge in [0.2, 0.25) is 5.91 Å². The van der Waals surface area contributed by atoms with E-state index < -0.39 is 0 Å². The number of aromatic nitrogens is 2. The number of para-hydroxylation sites is 1. The number of thioether (sulfide) groups is 1. The Kier molecular flexibility index (Phi) is 6.52. The summed E-state index contributed by atoms with van der Waals surface area (Å²) >= 11 is 4.97. The van der Waals surface area contributed by atoms with E-state index in [0.717, 1.165) is 20.7 Å². The number of amides is 1. The van der Waals surface area contributed by atoms with E-state index in [1.807, 2.05) is 78.5 Å². The van der Waals surface area contributed by atoms with Crippen LogP contribution < -0.4 is 5.32 Å². The van der Waals surface area contributed by atoms with E-state index in [9.17, 15) is 4.79 Å². The molecular formula is C20H20BrN3OS. The number of halogens is 1. The fourth-order valence-corrected chi connectivity index (χ4v) is 3.60. The molecule has 0 saturated carbocycles. The summed E-state index contributed by atoms with van der Waals surface area (Å²) in [6.45, 7) is 2.50. The minimum absolute atomic E-state index is 0.0420. The molecule has 0 aliphatic heterocycles. The van der Waals surface area contributed by atoms with Crippen LogP contribution in [0.15, 0.2) is 76.2 Å². The van der Waals surface area contributed by atoms with Crippen molar-refractivity contribution < 1.29 is 4.79 Å². The summed E-state index contributed by atoms with van der Waals surface area (Å²) < 4.78 is 2.89. The standard InChI is InChI=1S/C20H20BrN3OS/c1-15(26-19-9-7-16(21)8-10-19)20(25)22-13-11-17-12-14-24(23-17)18-5-3-2-4-6-18/h2-10,12,14-15H,11,13H2,1H3,(H,22,25). The van der Waals surface area contributed by atoms with Crippen molar-refractivity contribution in [2.24, 2.45) is 0 Å². The first-order valence-corrected chi connectivity index (χ1v) is 10.1. The van der Waals surface area contributed by atoms with Crippen LogP contribution in [-0.4, -0.2) is 27.5 Å². The average molecular weight is 430 g/mol. The van der Waals surface area contributed by atoms with Crippen molar-refractivity contribution in [3.63, 3.8) is 0 Å². The fourth-order valence-electron chi connectivity index (χ4n) is 2.45. The minimum atomic E-state index is -0.141. The zero-order valence-corrected chi connectivity index (χ0v) is 16.8. The first kappa shape index (κ1) is 18.7. The molecule has 2 aromatic carbocycles. The number of benzene rings is 2. The summed E-state index contributed by atoms with van der Waals surface area (Å²) in [6.07, 6.45) is 2.65. The predicted octanol–water partition coefficient (Wildman–Crippen LogP) is 4.47. The van der Waals surface area contributed by atoms with Gasteiger partial charge >= 0.3 is 0 Å². The normalized spacial score (nSPS) is 11.9. The Morgan fingerprint density at radius 2 is 1.88 bits per heavy atom. The number of carbonyl (C=O) groups excluding carboxylic acids is 1. The molecule has 0 fully saturated rings. The van der Waals surface area contributed by atoms with E-state index in [-0.39, 0.29) is 11.2 Å². The van der Waals surface area contributed by atoms with Crippen LogP contribution in [0.1, 0.15) is 12.6 Å². The van der Waals surface area contributed by atoms with Gasteiger partial charge in [0.05, 0.1) is 16.6 Å². The van der Waals surface area contributed by atoms with Gasteiger partial charge in [-0.1, -0.05) is 34.1 Å². The second kappa shape index (κ2) is 9.05. The van der Waals surface area contributed by atoms with Gasteiger partial charge in [-0.25, -0.2) is 4.68 Å². The van der Waals surface area contributed by atoms with E-state index in [1.165, 1.54) is 0 Å². The van der Waals surface area contributed by atoms with Gasteiger partial charge in [-0.05, 0) is 49.4 Å². The molecule has 1 N–H and O–H groups in total. The summed E-state index contributed by atoms with van der Waals surface area (Å²) in [5.41, 5.74) is 1.99. The molecule has 0 bridgehead atoms. The molecule has 0 saturated heterocycles. The van der Waals surface area contributed by atoms with E-state index in [2.05, 4.69) is 26.3 Å². The molecule has 1 aromatic heterocycles. The van der Waals surface area contributed by atoms with Crippen LogP contribution >= 0.6 is 27.7 Å². The molecule has 1 atom stereocenters. The molecule has 0 spiro atoms. The highest BCUT2D eigenvalue weighted by Gasteiger charge is 2.14. The van der Waals surface area contributed by atoms with Gasteiger partial charge in [0.25, 0.3) is 0 Å². The number of hydrogen-bond acceptors (Lipinski definition) is 3. The number of hydrogen-bond donors (Lipinski definition) is 1. The molecule has 0 aliphatic rings. The van der Waals surface area contributed by atoms with Gasteiger partial charge in [-0.3, -0.25) is 4.79 Å². The van der Waals surface area contributed by atoms with Gasteiger partial charge in [0.1, 0.15) is 0 Å². The van der Waals surface area contributed by atoms with Crippen LogP contribution in [0.4, 0.5) is 0 Å². The number of carbonyl (C=O) groups is 1. The third-order valence-corrected chi connectivity index (χ3v) is 5.48. The molecule has 3 rings (SSSR count). The van der Waals surface area contributed by atoms with Crippen molar-refractivity contribution in [2.75, 3.05) is 6.54 Å². The van der Waals surface area contributed by atoms with Gasteiger partial charge in [-0.2, -0.15) is 5.10 Å². The maximum atomic E-state index is 12.3. The van der Waals surface area contributed by atoms with Crippen molar-refractivity contribution in [3.8, 4) is 5.69 Å². The van der Waals surface area contributed by atoms with Crippen LogP contribution in [0.25, 0.3) is 5.69 Å². The monoisotopic (exact) mass is 429 g/mol. The summed E-state index contributed by atoms with van der Waals surface area (Å²) in [6, 6.07) is 20.0. The molecule has 134 valence electrons. The quantitative estimate of drug-likeness (QED) is 0.563. The first-order valence-electron chi connectivity index (χ1n) is 8.42. The van der Waals surface area contributed by atoms with Crippen LogP contribution in [0, 0.1) is 0 Å². The van der Waals surface area contributed by atoms with Crippen molar-refractivity contribution in [3.05, 3.63) is 77.0 Å². The lowest BCUT2D eigenvalue weighted by Gasteiger charge is -2.11. The molecule has 1 amide bonds. The minimum Gasteiger partial charge on any atom is -0.355 e. The Morgan fingerprint density at radius 3 is 2.62 bits per heavy atom. The second-order valence-corrected chi connectivity index (χ2v) is 8.17. The van der Waals surface area contributed by atoms with Crippen molar-refractivity contribution in [1.82, 2.24) is 15.1 Å². The van der Waals surface area contributed by atoms with Gasteiger partial charge < -0.3 is 5.32 Å². The third kappa shape index (κ3) is 5.22. The Labute approximate surface area is 166 Å². The van der Waals surface area contributed by atoms with E-state index in [4.69, 9.17) is 0 Å². The van der Waals surface area contributed by atoms with Crippen LogP contribution in [0.2, 0.25) is 0 Å². The molecule has 4 nitrogen and oxygen atoms in total. The molecule has 26 heavy (non-hydrogen) atoms. The lowest BCUT2D eigenvalue weighted by atomic mass is 10.3. The van der Waals surface area contributed by atoms with Crippen LogP contribution in [0.5, 0.6) is 0 Å². The highest BCUT2D eigenvalue weighted by atomic mass is 79.9. The summed E-state index contributed by atoms with van der Waals surface area (Å²) in [4.78, 5) is 13.3. The number of nitrogens with zero attached hydrogens (tertiary/aromatic N) is 2. The zero-order chi connectivity index (χ0) is 18.4. The fraction of sp³-hybridized carbons (Fsp3) is 0.200. The van der Waals surface area contributed by atoms with E-state index >= 15 is 0 Å². The molecule has 0 radical (unpaired) electrons. The Bertz CT molecular complexity index is 849. The van der Waals surface area contributed by atoms with Gasteiger partial charge in [-0.15, -0.1) is 11.8 Å². The Balaban J connectivity index is 1.46. The van der Waals surface area contributed by atoms with E-state index in [0.29, 0.717) is 13.0 Å². The molecular weight excluding hydrogens is 410 g/mol. The number of rotatable bonds is 7. The molecule has 0 aliphatic carbocycles. The van der Waals surface area contributed by atoms with Crippen LogP contribution in [-0.2, 0) is 11.2 Å². The molecule has 6 heteroatoms. The lowest BCUT2D eigenvalue weighted by Crippen LogP contribution is -2.32. The zero-order valence-electron chi connectivity index (χ0n) is 14.4. The van der Waals surface area contributed by atoms with Crippen molar-refractivity contribution >= 4 is 33.6 Å². The topological polar surface area (TPSA) is 46.9 Å². The highest BCUT2D eigenvalue weighted by Crippen LogP contribution is 2.24. The predicted molar refractivity (Wildman–Crippen MR) is 110 cm³/mol. The summed E-state index contributed by atoms with van der Waals surface area (Å²) in [5.74, 6) is 0.0420. The first-order chi connectivity index (χ1) is 12.6. The van der Waals surface area contributed by atoms with Crippen molar-refractivity contribution in [2.45, 2.75) is 23.5 Å². The highest BCUT2D eigenvalue weighted by molar-refractivity contribution is 9.10. The lowest BCUT2D eigenvalue weighted by molar-refractivity contribution is -0.120. The summed E-state index contributed by atoms with van der Waals surface area (Å²) in [7, 11) is 0. The number of nitrogens with one attached hydrogen (secondary N) is 1. The SMILES string of the molecule is CC(Sc1ccc(Br)cc1)C(=O)NCCc1ccn(-c2ccccc2)n1. The largest absolute Gasteiger partial charge is 0.355 e. The third-order valence-electron chi connectivity index (χ3n) is 3.84. The molecule has 3 aromatic rings. The van der Waals surface area contributed by atoms with Gasteiger partial charge in [0.15, 0.2) is 0 Å². The Morgan fingerprint density at radius 1 is 1.15 bits per heavy atom. The maximum absolute atomic E-state index is 12.3. The van der Waals surface area contributed by atoms with Crippen LogP contribution in [0.3, 0.4) is 0 Å². The van der Waals surface area contributed by atoms with Gasteiger partial charge in [0, 0.05) is 28.5 Å². The molecule has 1 heterocycles. The summed E-state index contributed by atoms with van der Waals surface area (Å²) in [5, 5.41) is 7.41. The second-order valence-electron chi connectivity index (χ2n) is 5.84. The Hall–Kier alpha value is -2.05. The smallest absolute Gasteiger partial charge is 0.233 e. The average Bonchev–Trinajstić information content (AvgIpc) is 3.13. The van der Waals surface area contributed by atoms with Crippen molar-refractivity contribution in [1.29, 1.82) is 0 Å². The molecule has 1 unspecified atom stereocenters. The van der Waals surface area contributed by atoms with E-state index in [1.54, 1.807) is 11.8 Å². The maximum Gasteiger partial charge on any atom is 0.233 e.